The number of rotatable bonds is 4. The van der Waals surface area contributed by atoms with Gasteiger partial charge in [0.25, 0.3) is 5.91 Å². The van der Waals surface area contributed by atoms with Crippen LogP contribution >= 0.6 is 15.9 Å². The molecule has 1 aromatic carbocycles. The van der Waals surface area contributed by atoms with Crippen LogP contribution in [-0.4, -0.2) is 22.1 Å². The minimum atomic E-state index is -0.139. The molecule has 1 fully saturated rings. The van der Waals surface area contributed by atoms with Gasteiger partial charge in [0.15, 0.2) is 11.5 Å². The highest BCUT2D eigenvalue weighted by Crippen LogP contribution is 2.19. The Balaban J connectivity index is 1.59. The van der Waals surface area contributed by atoms with Crippen molar-refractivity contribution in [1.82, 2.24) is 15.5 Å². The molecule has 1 saturated carbocycles. The molecule has 1 heterocycles. The molecule has 3 rings (SSSR count). The van der Waals surface area contributed by atoms with Gasteiger partial charge in [-0.15, -0.1) is 10.2 Å². The first-order valence-corrected chi connectivity index (χ1v) is 8.67. The van der Waals surface area contributed by atoms with E-state index in [4.69, 9.17) is 0 Å². The molecule has 0 aliphatic heterocycles. The van der Waals surface area contributed by atoms with Crippen molar-refractivity contribution in [1.29, 1.82) is 0 Å². The molecule has 5 nitrogen and oxygen atoms in total. The van der Waals surface area contributed by atoms with E-state index >= 15 is 0 Å². The zero-order chi connectivity index (χ0) is 16.1. The standard InChI is InChI=1S/C17H19BrN4O/c18-12-6-8-14(9-7-12)19-16-11-10-15(21-22-16)17(23)20-13-4-2-1-3-5-13/h6-11,13H,1-5H2,(H,19,22)(H,20,23). The highest BCUT2D eigenvalue weighted by atomic mass is 79.9. The summed E-state index contributed by atoms with van der Waals surface area (Å²) in [5, 5.41) is 14.3. The summed E-state index contributed by atoms with van der Waals surface area (Å²) in [7, 11) is 0. The monoisotopic (exact) mass is 374 g/mol. The van der Waals surface area contributed by atoms with Crippen molar-refractivity contribution in [3.05, 3.63) is 46.6 Å². The molecule has 1 aliphatic carbocycles. The van der Waals surface area contributed by atoms with E-state index in [1.165, 1.54) is 19.3 Å². The molecule has 1 aromatic heterocycles. The molecule has 0 saturated heterocycles. The second-order valence-corrected chi connectivity index (χ2v) is 6.66. The van der Waals surface area contributed by atoms with E-state index in [2.05, 4.69) is 36.8 Å². The van der Waals surface area contributed by atoms with Crippen molar-refractivity contribution in [2.75, 3.05) is 5.32 Å². The fourth-order valence-electron chi connectivity index (χ4n) is 2.71. The molecule has 2 N–H and O–H groups in total. The van der Waals surface area contributed by atoms with Crippen molar-refractivity contribution in [2.24, 2.45) is 0 Å². The van der Waals surface area contributed by atoms with Gasteiger partial charge in [0.05, 0.1) is 0 Å². The first kappa shape index (κ1) is 15.9. The topological polar surface area (TPSA) is 66.9 Å². The van der Waals surface area contributed by atoms with Crippen LogP contribution in [0.25, 0.3) is 0 Å². The number of aromatic nitrogens is 2. The molecular weight excluding hydrogens is 356 g/mol. The van der Waals surface area contributed by atoms with E-state index in [0.29, 0.717) is 11.5 Å². The van der Waals surface area contributed by atoms with Gasteiger partial charge >= 0.3 is 0 Å². The van der Waals surface area contributed by atoms with Gasteiger partial charge in [-0.2, -0.15) is 0 Å². The van der Waals surface area contributed by atoms with E-state index in [9.17, 15) is 4.79 Å². The van der Waals surface area contributed by atoms with E-state index in [-0.39, 0.29) is 11.9 Å². The van der Waals surface area contributed by atoms with Gasteiger partial charge in [-0.1, -0.05) is 35.2 Å². The number of hydrogen-bond acceptors (Lipinski definition) is 4. The normalized spacial score (nSPS) is 15.2. The Kier molecular flexibility index (Phi) is 5.23. The SMILES string of the molecule is O=C(NC1CCCCC1)c1ccc(Nc2ccc(Br)cc2)nn1. The maximum atomic E-state index is 12.2. The van der Waals surface area contributed by atoms with Gasteiger partial charge in [0, 0.05) is 16.2 Å². The van der Waals surface area contributed by atoms with Crippen LogP contribution < -0.4 is 10.6 Å². The van der Waals surface area contributed by atoms with Gasteiger partial charge in [0.2, 0.25) is 0 Å². The molecule has 6 heteroatoms. The predicted octanol–water partition coefficient (Wildman–Crippen LogP) is 4.05. The molecule has 2 aromatic rings. The molecule has 120 valence electrons. The second kappa shape index (κ2) is 7.55. The third-order valence-electron chi connectivity index (χ3n) is 3.95. The number of anilines is 2. The molecule has 0 atom stereocenters. The number of hydrogen-bond donors (Lipinski definition) is 2. The third-order valence-corrected chi connectivity index (χ3v) is 4.48. The smallest absolute Gasteiger partial charge is 0.272 e. The summed E-state index contributed by atoms with van der Waals surface area (Å²) in [6, 6.07) is 11.5. The van der Waals surface area contributed by atoms with Gasteiger partial charge in [0.1, 0.15) is 0 Å². The molecule has 23 heavy (non-hydrogen) atoms. The number of amides is 1. The Hall–Kier alpha value is -1.95. The lowest BCUT2D eigenvalue weighted by Gasteiger charge is -2.22. The average Bonchev–Trinajstić information content (AvgIpc) is 2.58. The number of nitrogens with one attached hydrogen (secondary N) is 2. The Bertz CT molecular complexity index is 651. The maximum absolute atomic E-state index is 12.2. The minimum absolute atomic E-state index is 0.139. The lowest BCUT2D eigenvalue weighted by molar-refractivity contribution is 0.0921. The number of benzene rings is 1. The van der Waals surface area contributed by atoms with Gasteiger partial charge in [-0.05, 0) is 49.2 Å². The largest absolute Gasteiger partial charge is 0.348 e. The van der Waals surface area contributed by atoms with Crippen molar-refractivity contribution >= 4 is 33.3 Å². The molecular formula is C17H19BrN4O. The van der Waals surface area contributed by atoms with Gasteiger partial charge < -0.3 is 10.6 Å². The maximum Gasteiger partial charge on any atom is 0.272 e. The van der Waals surface area contributed by atoms with Crippen molar-refractivity contribution in [3.8, 4) is 0 Å². The fraction of sp³-hybridized carbons (Fsp3) is 0.353. The van der Waals surface area contributed by atoms with Crippen molar-refractivity contribution < 1.29 is 4.79 Å². The molecule has 0 spiro atoms. The number of halogens is 1. The Morgan fingerprint density at radius 2 is 1.74 bits per heavy atom. The average molecular weight is 375 g/mol. The van der Waals surface area contributed by atoms with Crippen LogP contribution in [0.1, 0.15) is 42.6 Å². The second-order valence-electron chi connectivity index (χ2n) is 5.74. The van der Waals surface area contributed by atoms with E-state index in [1.807, 2.05) is 24.3 Å². The number of carbonyl (C=O) groups is 1. The van der Waals surface area contributed by atoms with Crippen LogP contribution in [0.3, 0.4) is 0 Å². The summed E-state index contributed by atoms with van der Waals surface area (Å²) in [6.07, 6.45) is 5.76. The van der Waals surface area contributed by atoms with Gasteiger partial charge in [-0.3, -0.25) is 4.79 Å². The number of nitrogens with zero attached hydrogens (tertiary/aromatic N) is 2. The van der Waals surface area contributed by atoms with Gasteiger partial charge in [-0.25, -0.2) is 0 Å². The fourth-order valence-corrected chi connectivity index (χ4v) is 2.97. The zero-order valence-corrected chi connectivity index (χ0v) is 14.3. The first-order valence-electron chi connectivity index (χ1n) is 7.88. The first-order chi connectivity index (χ1) is 11.2. The van der Waals surface area contributed by atoms with E-state index < -0.39 is 0 Å². The Morgan fingerprint density at radius 1 is 1.00 bits per heavy atom. The summed E-state index contributed by atoms with van der Waals surface area (Å²) in [5.74, 6) is 0.473. The van der Waals surface area contributed by atoms with Crippen LogP contribution in [0.4, 0.5) is 11.5 Å². The van der Waals surface area contributed by atoms with E-state index in [0.717, 1.165) is 23.0 Å². The van der Waals surface area contributed by atoms with Crippen molar-refractivity contribution in [2.45, 2.75) is 38.1 Å². The van der Waals surface area contributed by atoms with Crippen LogP contribution in [-0.2, 0) is 0 Å². The lowest BCUT2D eigenvalue weighted by Crippen LogP contribution is -2.36. The minimum Gasteiger partial charge on any atom is -0.348 e. The number of carbonyl (C=O) groups excluding carboxylic acids is 1. The Labute approximate surface area is 144 Å². The summed E-state index contributed by atoms with van der Waals surface area (Å²) in [5.41, 5.74) is 1.28. The molecule has 1 amide bonds. The molecule has 0 radical (unpaired) electrons. The van der Waals surface area contributed by atoms with Crippen LogP contribution in [0.5, 0.6) is 0 Å². The summed E-state index contributed by atoms with van der Waals surface area (Å²) in [4.78, 5) is 12.2. The van der Waals surface area contributed by atoms with E-state index in [1.54, 1.807) is 12.1 Å². The quantitative estimate of drug-likeness (QED) is 0.846. The van der Waals surface area contributed by atoms with Crippen LogP contribution in [0.15, 0.2) is 40.9 Å². The lowest BCUT2D eigenvalue weighted by atomic mass is 9.95. The van der Waals surface area contributed by atoms with Crippen molar-refractivity contribution in [3.63, 3.8) is 0 Å². The summed E-state index contributed by atoms with van der Waals surface area (Å²) >= 11 is 3.40. The van der Waals surface area contributed by atoms with Crippen LogP contribution in [0, 0.1) is 0 Å². The predicted molar refractivity (Wildman–Crippen MR) is 93.8 cm³/mol. The van der Waals surface area contributed by atoms with Crippen LogP contribution in [0.2, 0.25) is 0 Å². The summed E-state index contributed by atoms with van der Waals surface area (Å²) < 4.78 is 1.02. The molecule has 0 unspecified atom stereocenters. The Morgan fingerprint density at radius 3 is 2.39 bits per heavy atom. The molecule has 1 aliphatic rings. The third kappa shape index (κ3) is 4.51. The zero-order valence-electron chi connectivity index (χ0n) is 12.8. The highest BCUT2D eigenvalue weighted by molar-refractivity contribution is 9.10. The summed E-state index contributed by atoms with van der Waals surface area (Å²) in [6.45, 7) is 0. The highest BCUT2D eigenvalue weighted by Gasteiger charge is 2.17. The molecule has 0 bridgehead atoms.